The van der Waals surface area contributed by atoms with Crippen molar-refractivity contribution in [1.82, 2.24) is 0 Å². The van der Waals surface area contributed by atoms with Crippen molar-refractivity contribution in [2.75, 3.05) is 7.11 Å². The molecular formula is C16H22O2. The average Bonchev–Trinajstić information content (AvgIpc) is 2.39. The van der Waals surface area contributed by atoms with Gasteiger partial charge in [0, 0.05) is 0 Å². The molecule has 0 radical (unpaired) electrons. The molecule has 3 aliphatic rings. The fraction of sp³-hybridized carbons (Fsp3) is 0.625. The van der Waals surface area contributed by atoms with Crippen LogP contribution in [0, 0.1) is 12.8 Å². The predicted molar refractivity (Wildman–Crippen MR) is 72.0 cm³/mol. The van der Waals surface area contributed by atoms with Crippen molar-refractivity contribution in [3.63, 3.8) is 0 Å². The van der Waals surface area contributed by atoms with Crippen LogP contribution in [0.5, 0.6) is 5.75 Å². The van der Waals surface area contributed by atoms with Crippen LogP contribution in [0.25, 0.3) is 0 Å². The minimum absolute atomic E-state index is 0.0880. The first-order chi connectivity index (χ1) is 8.64. The van der Waals surface area contributed by atoms with Crippen molar-refractivity contribution in [1.29, 1.82) is 0 Å². The summed E-state index contributed by atoms with van der Waals surface area (Å²) in [4.78, 5) is 0. The Kier molecular flexibility index (Phi) is 2.86. The molecule has 3 fully saturated rings. The first-order valence-corrected chi connectivity index (χ1v) is 6.98. The van der Waals surface area contributed by atoms with E-state index in [4.69, 9.17) is 4.74 Å². The van der Waals surface area contributed by atoms with E-state index in [0.717, 1.165) is 12.2 Å². The second-order valence-corrected chi connectivity index (χ2v) is 6.07. The van der Waals surface area contributed by atoms with Crippen LogP contribution in [0.4, 0.5) is 0 Å². The van der Waals surface area contributed by atoms with Gasteiger partial charge >= 0.3 is 0 Å². The maximum atomic E-state index is 10.2. The van der Waals surface area contributed by atoms with Crippen LogP contribution in [0.15, 0.2) is 18.2 Å². The molecule has 18 heavy (non-hydrogen) atoms. The Hall–Kier alpha value is -1.02. The van der Waals surface area contributed by atoms with E-state index in [-0.39, 0.29) is 11.5 Å². The predicted octanol–water partition coefficient (Wildman–Crippen LogP) is 3.20. The van der Waals surface area contributed by atoms with E-state index in [1.165, 1.54) is 36.8 Å². The van der Waals surface area contributed by atoms with Gasteiger partial charge in [0.05, 0.1) is 13.2 Å². The number of hydrogen-bond acceptors (Lipinski definition) is 2. The highest BCUT2D eigenvalue weighted by Gasteiger charge is 2.46. The summed E-state index contributed by atoms with van der Waals surface area (Å²) in [5.74, 6) is 1.52. The fourth-order valence-electron chi connectivity index (χ4n) is 3.96. The number of aliphatic hydroxyl groups excluding tert-OH is 1. The highest BCUT2D eigenvalue weighted by molar-refractivity contribution is 5.40. The van der Waals surface area contributed by atoms with Gasteiger partial charge in [-0.05, 0) is 67.6 Å². The normalized spacial score (nSPS) is 34.6. The van der Waals surface area contributed by atoms with Gasteiger partial charge in [-0.25, -0.2) is 0 Å². The van der Waals surface area contributed by atoms with Crippen LogP contribution in [0.2, 0.25) is 0 Å². The Labute approximate surface area is 109 Å². The molecule has 0 saturated heterocycles. The van der Waals surface area contributed by atoms with Gasteiger partial charge in [-0.2, -0.15) is 0 Å². The molecule has 1 N–H and O–H groups in total. The lowest BCUT2D eigenvalue weighted by molar-refractivity contribution is -0.0151. The smallest absolute Gasteiger partial charge is 0.121 e. The Balaban J connectivity index is 1.96. The van der Waals surface area contributed by atoms with Gasteiger partial charge in [-0.15, -0.1) is 0 Å². The topological polar surface area (TPSA) is 29.5 Å². The molecule has 0 heterocycles. The lowest BCUT2D eigenvalue weighted by Gasteiger charge is -2.49. The van der Waals surface area contributed by atoms with Crippen LogP contribution >= 0.6 is 0 Å². The maximum absolute atomic E-state index is 10.2. The van der Waals surface area contributed by atoms with Crippen molar-refractivity contribution in [2.45, 2.75) is 50.5 Å². The van der Waals surface area contributed by atoms with Crippen LogP contribution in [-0.2, 0) is 5.41 Å². The summed E-state index contributed by atoms with van der Waals surface area (Å²) in [6.45, 7) is 2.10. The zero-order valence-electron chi connectivity index (χ0n) is 11.3. The summed E-state index contributed by atoms with van der Waals surface area (Å²) in [6.07, 6.45) is 5.71. The number of methoxy groups -OCH3 is 1. The molecule has 0 amide bonds. The first-order valence-electron chi connectivity index (χ1n) is 6.98. The van der Waals surface area contributed by atoms with Gasteiger partial charge in [0.2, 0.25) is 0 Å². The van der Waals surface area contributed by atoms with Gasteiger partial charge in [0.15, 0.2) is 0 Å². The summed E-state index contributed by atoms with van der Waals surface area (Å²) < 4.78 is 5.34. The van der Waals surface area contributed by atoms with Crippen molar-refractivity contribution < 1.29 is 9.84 Å². The number of aliphatic hydroxyl groups is 1. The molecule has 2 bridgehead atoms. The van der Waals surface area contributed by atoms with Crippen molar-refractivity contribution >= 4 is 0 Å². The van der Waals surface area contributed by atoms with Crippen LogP contribution in [-0.4, -0.2) is 18.3 Å². The lowest BCUT2D eigenvalue weighted by Crippen LogP contribution is -2.45. The standard InChI is InChI=1S/C16H22O2/c1-11-9-13(3-4-15(11)18-2)16-7-5-12(6-8-16)14(17)10-16/h3-4,9,12,14,17H,5-8,10H2,1-2H3. The second-order valence-electron chi connectivity index (χ2n) is 6.07. The quantitative estimate of drug-likeness (QED) is 0.868. The number of benzene rings is 1. The molecule has 0 aromatic heterocycles. The molecule has 0 spiro atoms. The Morgan fingerprint density at radius 3 is 2.56 bits per heavy atom. The van der Waals surface area contributed by atoms with Crippen LogP contribution < -0.4 is 4.74 Å². The molecule has 1 unspecified atom stereocenters. The van der Waals surface area contributed by atoms with Gasteiger partial charge in [-0.1, -0.05) is 12.1 Å². The lowest BCUT2D eigenvalue weighted by atomic mass is 9.57. The third-order valence-corrected chi connectivity index (χ3v) is 5.14. The average molecular weight is 246 g/mol. The van der Waals surface area contributed by atoms with E-state index in [2.05, 4.69) is 25.1 Å². The second kappa shape index (κ2) is 4.27. The van der Waals surface area contributed by atoms with Crippen molar-refractivity contribution in [3.05, 3.63) is 29.3 Å². The Morgan fingerprint density at radius 1 is 1.28 bits per heavy atom. The number of aryl methyl sites for hydroxylation is 1. The fourth-order valence-corrected chi connectivity index (χ4v) is 3.96. The van der Waals surface area contributed by atoms with Gasteiger partial charge in [0.25, 0.3) is 0 Å². The van der Waals surface area contributed by atoms with Gasteiger partial charge in [0.1, 0.15) is 5.75 Å². The summed E-state index contributed by atoms with van der Waals surface area (Å²) >= 11 is 0. The molecule has 2 heteroatoms. The number of fused-ring (bicyclic) bond motifs is 3. The summed E-state index contributed by atoms with van der Waals surface area (Å²) in [7, 11) is 1.72. The number of ether oxygens (including phenoxy) is 1. The van der Waals surface area contributed by atoms with E-state index in [1.54, 1.807) is 7.11 Å². The van der Waals surface area contributed by atoms with E-state index < -0.39 is 0 Å². The zero-order valence-corrected chi connectivity index (χ0v) is 11.3. The van der Waals surface area contributed by atoms with E-state index >= 15 is 0 Å². The van der Waals surface area contributed by atoms with Crippen LogP contribution in [0.1, 0.15) is 43.2 Å². The summed E-state index contributed by atoms with van der Waals surface area (Å²) in [5, 5.41) is 10.2. The Morgan fingerprint density at radius 2 is 2.00 bits per heavy atom. The van der Waals surface area contributed by atoms with E-state index in [0.29, 0.717) is 5.92 Å². The monoisotopic (exact) mass is 246 g/mol. The molecule has 1 aromatic rings. The first kappa shape index (κ1) is 12.0. The zero-order chi connectivity index (χ0) is 12.8. The molecule has 1 aromatic carbocycles. The van der Waals surface area contributed by atoms with Crippen LogP contribution in [0.3, 0.4) is 0 Å². The molecule has 1 atom stereocenters. The molecule has 98 valence electrons. The van der Waals surface area contributed by atoms with E-state index in [9.17, 15) is 5.11 Å². The van der Waals surface area contributed by atoms with Gasteiger partial charge < -0.3 is 9.84 Å². The number of hydrogen-bond donors (Lipinski definition) is 1. The van der Waals surface area contributed by atoms with E-state index in [1.807, 2.05) is 0 Å². The minimum Gasteiger partial charge on any atom is -0.496 e. The highest BCUT2D eigenvalue weighted by Crippen LogP contribution is 2.52. The largest absolute Gasteiger partial charge is 0.496 e. The van der Waals surface area contributed by atoms with Crippen molar-refractivity contribution in [2.24, 2.45) is 5.92 Å². The maximum Gasteiger partial charge on any atom is 0.121 e. The molecule has 3 saturated carbocycles. The molecule has 2 nitrogen and oxygen atoms in total. The summed E-state index contributed by atoms with van der Waals surface area (Å²) in [6, 6.07) is 6.54. The Bertz CT molecular complexity index is 444. The SMILES string of the molecule is COc1ccc(C23CCC(CC2)C(O)C3)cc1C. The molecule has 3 aliphatic carbocycles. The third kappa shape index (κ3) is 1.74. The molecule has 4 rings (SSSR count). The molecule has 0 aliphatic heterocycles. The third-order valence-electron chi connectivity index (χ3n) is 5.14. The number of rotatable bonds is 2. The highest BCUT2D eigenvalue weighted by atomic mass is 16.5. The summed E-state index contributed by atoms with van der Waals surface area (Å²) in [5.41, 5.74) is 2.83. The van der Waals surface area contributed by atoms with Crippen molar-refractivity contribution in [3.8, 4) is 5.75 Å². The van der Waals surface area contributed by atoms with Gasteiger partial charge in [-0.3, -0.25) is 0 Å². The minimum atomic E-state index is -0.0880. The molecular weight excluding hydrogens is 224 g/mol.